The second-order valence-corrected chi connectivity index (χ2v) is 5.24. The van der Waals surface area contributed by atoms with Crippen molar-refractivity contribution >= 4 is 11.7 Å². The SMILES string of the molecule is CC(C)[C@]12C/C(=N\NC(N)=O)[C@H](C)[C@H]1C2. The summed E-state index contributed by atoms with van der Waals surface area (Å²) in [6.07, 6.45) is 2.35. The van der Waals surface area contributed by atoms with Crippen LogP contribution in [-0.2, 0) is 0 Å². The van der Waals surface area contributed by atoms with Crippen LogP contribution < -0.4 is 11.2 Å². The number of hydrogen-bond acceptors (Lipinski definition) is 2. The summed E-state index contributed by atoms with van der Waals surface area (Å²) in [5.41, 5.74) is 8.92. The molecule has 2 amide bonds. The molecule has 0 aromatic rings. The molecule has 15 heavy (non-hydrogen) atoms. The van der Waals surface area contributed by atoms with E-state index in [-0.39, 0.29) is 0 Å². The van der Waals surface area contributed by atoms with E-state index in [1.807, 2.05) is 0 Å². The minimum absolute atomic E-state index is 0.470. The molecule has 84 valence electrons. The highest BCUT2D eigenvalue weighted by atomic mass is 16.2. The second-order valence-electron chi connectivity index (χ2n) is 5.24. The van der Waals surface area contributed by atoms with Crippen LogP contribution in [-0.4, -0.2) is 11.7 Å². The van der Waals surface area contributed by atoms with E-state index in [0.717, 1.165) is 18.1 Å². The molecule has 0 bridgehead atoms. The van der Waals surface area contributed by atoms with Gasteiger partial charge in [-0.25, -0.2) is 10.2 Å². The number of fused-ring (bicyclic) bond motifs is 1. The number of carbonyl (C=O) groups excluding carboxylic acids is 1. The molecule has 2 fully saturated rings. The number of nitrogens with zero attached hydrogens (tertiary/aromatic N) is 1. The number of nitrogens with two attached hydrogens (primary N) is 1. The lowest BCUT2D eigenvalue weighted by atomic mass is 9.90. The van der Waals surface area contributed by atoms with E-state index >= 15 is 0 Å². The van der Waals surface area contributed by atoms with Crippen molar-refractivity contribution in [3.63, 3.8) is 0 Å². The highest BCUT2D eigenvalue weighted by Gasteiger charge is 2.63. The van der Waals surface area contributed by atoms with Gasteiger partial charge in [0.05, 0.1) is 0 Å². The maximum atomic E-state index is 10.6. The van der Waals surface area contributed by atoms with E-state index < -0.39 is 6.03 Å². The van der Waals surface area contributed by atoms with Crippen molar-refractivity contribution in [2.75, 3.05) is 0 Å². The van der Waals surface area contributed by atoms with Crippen molar-refractivity contribution in [1.82, 2.24) is 5.43 Å². The number of amides is 2. The van der Waals surface area contributed by atoms with Crippen LogP contribution >= 0.6 is 0 Å². The van der Waals surface area contributed by atoms with E-state index in [0.29, 0.717) is 17.3 Å². The largest absolute Gasteiger partial charge is 0.350 e. The Kier molecular flexibility index (Phi) is 2.24. The molecule has 4 heteroatoms. The number of nitrogens with one attached hydrogen (secondary N) is 1. The minimum Gasteiger partial charge on any atom is -0.350 e. The van der Waals surface area contributed by atoms with Gasteiger partial charge in [-0.05, 0) is 36.0 Å². The first-order chi connectivity index (χ1) is 6.97. The Labute approximate surface area is 90.3 Å². The number of rotatable bonds is 2. The molecule has 0 unspecified atom stereocenters. The lowest BCUT2D eigenvalue weighted by Gasteiger charge is -2.15. The summed E-state index contributed by atoms with van der Waals surface area (Å²) in [5.74, 6) is 1.97. The number of carbonyl (C=O) groups is 1. The predicted molar refractivity (Wildman–Crippen MR) is 59.3 cm³/mol. The smallest absolute Gasteiger partial charge is 0.332 e. The molecule has 0 radical (unpaired) electrons. The summed E-state index contributed by atoms with van der Waals surface area (Å²) in [7, 11) is 0. The molecule has 3 atom stereocenters. The fourth-order valence-corrected chi connectivity index (χ4v) is 3.10. The fourth-order valence-electron chi connectivity index (χ4n) is 3.10. The highest BCUT2D eigenvalue weighted by molar-refractivity contribution is 5.92. The van der Waals surface area contributed by atoms with E-state index in [2.05, 4.69) is 31.3 Å². The first-order valence-corrected chi connectivity index (χ1v) is 5.59. The van der Waals surface area contributed by atoms with Crippen molar-refractivity contribution in [1.29, 1.82) is 0 Å². The number of primary amides is 1. The third kappa shape index (κ3) is 1.52. The van der Waals surface area contributed by atoms with E-state index in [1.54, 1.807) is 0 Å². The molecule has 0 heterocycles. The van der Waals surface area contributed by atoms with Crippen LogP contribution in [0.25, 0.3) is 0 Å². The van der Waals surface area contributed by atoms with Crippen LogP contribution in [0.15, 0.2) is 5.10 Å². The Hall–Kier alpha value is -1.06. The molecule has 0 saturated heterocycles. The topological polar surface area (TPSA) is 67.5 Å². The first-order valence-electron chi connectivity index (χ1n) is 5.59. The Morgan fingerprint density at radius 2 is 2.33 bits per heavy atom. The van der Waals surface area contributed by atoms with Crippen molar-refractivity contribution in [3.05, 3.63) is 0 Å². The Balaban J connectivity index is 2.07. The van der Waals surface area contributed by atoms with Gasteiger partial charge in [0.25, 0.3) is 0 Å². The zero-order chi connectivity index (χ0) is 11.2. The first kappa shape index (κ1) is 10.5. The van der Waals surface area contributed by atoms with Crippen molar-refractivity contribution in [2.45, 2.75) is 33.6 Å². The Morgan fingerprint density at radius 1 is 1.67 bits per heavy atom. The molecule has 3 N–H and O–H groups in total. The predicted octanol–water partition coefficient (Wildman–Crippen LogP) is 1.71. The summed E-state index contributed by atoms with van der Waals surface area (Å²) in [6, 6.07) is -0.575. The standard InChI is InChI=1S/C11H19N3O/c1-6(2)11-4-8(11)7(3)9(5-11)13-14-10(12)15/h6-8H,4-5H2,1-3H3,(H3,12,14,15)/b13-9+/t7-,8-,11+/m1/s1. The quantitative estimate of drug-likeness (QED) is 0.668. The number of hydrogen-bond donors (Lipinski definition) is 2. The summed E-state index contributed by atoms with van der Waals surface area (Å²) in [4.78, 5) is 10.6. The maximum absolute atomic E-state index is 10.6. The van der Waals surface area contributed by atoms with Gasteiger partial charge in [0.15, 0.2) is 0 Å². The maximum Gasteiger partial charge on any atom is 0.332 e. The van der Waals surface area contributed by atoms with Gasteiger partial charge in [0.2, 0.25) is 0 Å². The molecular weight excluding hydrogens is 190 g/mol. The number of hydrazone groups is 1. The third-order valence-corrected chi connectivity index (χ3v) is 4.28. The molecular formula is C11H19N3O. The molecule has 4 nitrogen and oxygen atoms in total. The molecule has 2 aliphatic rings. The van der Waals surface area contributed by atoms with Gasteiger partial charge < -0.3 is 5.73 Å². The van der Waals surface area contributed by atoms with Crippen molar-refractivity contribution in [2.24, 2.45) is 34.0 Å². The van der Waals surface area contributed by atoms with Crippen LogP contribution in [0.5, 0.6) is 0 Å². The lowest BCUT2D eigenvalue weighted by molar-refractivity contribution is 0.249. The van der Waals surface area contributed by atoms with Crippen LogP contribution in [0.3, 0.4) is 0 Å². The van der Waals surface area contributed by atoms with Gasteiger partial charge >= 0.3 is 6.03 Å². The van der Waals surface area contributed by atoms with Gasteiger partial charge in [-0.2, -0.15) is 5.10 Å². The van der Waals surface area contributed by atoms with Gasteiger partial charge in [-0.1, -0.05) is 20.8 Å². The molecule has 0 aliphatic heterocycles. The third-order valence-electron chi connectivity index (χ3n) is 4.28. The van der Waals surface area contributed by atoms with Gasteiger partial charge in [-0.15, -0.1) is 0 Å². The zero-order valence-corrected chi connectivity index (χ0v) is 9.58. The van der Waals surface area contributed by atoms with E-state index in [1.165, 1.54) is 6.42 Å². The summed E-state index contributed by atoms with van der Waals surface area (Å²) >= 11 is 0. The van der Waals surface area contributed by atoms with Gasteiger partial charge in [0, 0.05) is 5.71 Å². The summed E-state index contributed by atoms with van der Waals surface area (Å²) < 4.78 is 0. The normalized spacial score (nSPS) is 40.7. The van der Waals surface area contributed by atoms with Crippen LogP contribution in [0.2, 0.25) is 0 Å². The molecule has 0 aromatic heterocycles. The van der Waals surface area contributed by atoms with Crippen LogP contribution in [0, 0.1) is 23.2 Å². The average molecular weight is 209 g/mol. The minimum atomic E-state index is -0.575. The second kappa shape index (κ2) is 3.22. The summed E-state index contributed by atoms with van der Waals surface area (Å²) in [6.45, 7) is 6.75. The summed E-state index contributed by atoms with van der Waals surface area (Å²) in [5, 5.41) is 4.10. The molecule has 0 spiro atoms. The van der Waals surface area contributed by atoms with Crippen molar-refractivity contribution < 1.29 is 4.79 Å². The van der Waals surface area contributed by atoms with E-state index in [4.69, 9.17) is 5.73 Å². The monoisotopic (exact) mass is 209 g/mol. The Morgan fingerprint density at radius 3 is 2.80 bits per heavy atom. The molecule has 2 saturated carbocycles. The van der Waals surface area contributed by atoms with Gasteiger partial charge in [-0.3, -0.25) is 0 Å². The molecule has 2 rings (SSSR count). The highest BCUT2D eigenvalue weighted by Crippen LogP contribution is 2.68. The number of urea groups is 1. The van der Waals surface area contributed by atoms with Gasteiger partial charge in [0.1, 0.15) is 0 Å². The molecule has 2 aliphatic carbocycles. The van der Waals surface area contributed by atoms with Crippen LogP contribution in [0.1, 0.15) is 33.6 Å². The molecule has 0 aromatic carbocycles. The lowest BCUT2D eigenvalue weighted by Crippen LogP contribution is -2.27. The zero-order valence-electron chi connectivity index (χ0n) is 9.58. The van der Waals surface area contributed by atoms with E-state index in [9.17, 15) is 4.79 Å². The fraction of sp³-hybridized carbons (Fsp3) is 0.818. The average Bonchev–Trinajstić information content (AvgIpc) is 2.81. The van der Waals surface area contributed by atoms with Crippen LogP contribution in [0.4, 0.5) is 4.79 Å². The Bertz CT molecular complexity index is 324. The van der Waals surface area contributed by atoms with Crippen molar-refractivity contribution in [3.8, 4) is 0 Å².